The standard InChI is InChI=1S/C55H72N8O10/c1-12-62-44-17-16-36-29-40(44)41(47(62)39-15-13-22-56-43(39)31-72-11)30-52(4,5)33-73-51(69)55(71)19-14-23-63(58-55)49(67)42(27-35-25-37(36)28-38(64)26-35)57-48(66)46(34(2)3)60(10)50(68)54(70)21-24-61(32-54)45(65)18-20-53(6,7)59(8)9/h13,15-17,22,25-26,28-29,34,42,46,58,64,70-71H,12,14,19,21,23-24,27,30-33H2,1-11H3,(H,57,66)/t42-,46-,54?,55-/m0/s1. The number of amides is 4. The highest BCUT2D eigenvalue weighted by atomic mass is 16.6. The van der Waals surface area contributed by atoms with Gasteiger partial charge in [0.05, 0.1) is 36.7 Å². The summed E-state index contributed by atoms with van der Waals surface area (Å²) in [5.74, 6) is 1.25. The summed E-state index contributed by atoms with van der Waals surface area (Å²) in [6.07, 6.45) is 2.05. The van der Waals surface area contributed by atoms with Crippen LogP contribution in [0, 0.1) is 23.2 Å². The Labute approximate surface area is 428 Å². The second-order valence-corrected chi connectivity index (χ2v) is 21.7. The Hall–Kier alpha value is -6.36. The van der Waals surface area contributed by atoms with E-state index in [2.05, 4.69) is 45.1 Å². The fourth-order valence-corrected chi connectivity index (χ4v) is 10.1. The minimum Gasteiger partial charge on any atom is -0.508 e. The molecule has 4 aromatic rings. The number of aromatic nitrogens is 2. The van der Waals surface area contributed by atoms with Gasteiger partial charge in [-0.3, -0.25) is 34.1 Å². The molecule has 392 valence electrons. The number of cyclic esters (lactones) is 1. The maximum Gasteiger partial charge on any atom is 0.355 e. The second-order valence-electron chi connectivity index (χ2n) is 21.7. The van der Waals surface area contributed by atoms with Crippen molar-refractivity contribution in [3.63, 3.8) is 0 Å². The molecular formula is C55H72N8O10. The van der Waals surface area contributed by atoms with E-state index in [9.17, 15) is 39.3 Å². The van der Waals surface area contributed by atoms with Crippen LogP contribution in [0.3, 0.4) is 0 Å². The van der Waals surface area contributed by atoms with Crippen LogP contribution >= 0.6 is 0 Å². The van der Waals surface area contributed by atoms with Gasteiger partial charge in [-0.15, -0.1) is 0 Å². The molecule has 3 aliphatic rings. The highest BCUT2D eigenvalue weighted by molar-refractivity contribution is 5.98. The minimum atomic E-state index is -2.31. The first-order valence-corrected chi connectivity index (χ1v) is 25.0. The molecule has 2 saturated heterocycles. The zero-order valence-corrected chi connectivity index (χ0v) is 44.1. The van der Waals surface area contributed by atoms with Crippen LogP contribution in [0.15, 0.2) is 54.7 Å². The highest BCUT2D eigenvalue weighted by Crippen LogP contribution is 2.41. The van der Waals surface area contributed by atoms with Crippen molar-refractivity contribution in [2.24, 2.45) is 11.3 Å². The summed E-state index contributed by atoms with van der Waals surface area (Å²) in [5.41, 5.74) is 3.49. The van der Waals surface area contributed by atoms with Gasteiger partial charge in [0.1, 0.15) is 17.8 Å². The molecule has 18 heteroatoms. The number of likely N-dealkylation sites (tertiary alicyclic amines) is 1. The number of carbonyl (C=O) groups excluding carboxylic acids is 5. The molecule has 0 saturated carbocycles. The number of rotatable bonds is 10. The number of hydrazine groups is 1. The molecule has 5 N–H and O–H groups in total. The summed E-state index contributed by atoms with van der Waals surface area (Å²) in [7, 11) is 6.71. The van der Waals surface area contributed by atoms with Gasteiger partial charge in [0.2, 0.25) is 11.6 Å². The number of phenols is 1. The zero-order valence-electron chi connectivity index (χ0n) is 44.1. The van der Waals surface area contributed by atoms with Crippen molar-refractivity contribution in [3.8, 4) is 40.0 Å². The van der Waals surface area contributed by atoms with Gasteiger partial charge in [-0.05, 0) is 118 Å². The maximum absolute atomic E-state index is 14.8. The molecule has 4 atom stereocenters. The van der Waals surface area contributed by atoms with Crippen LogP contribution in [0.5, 0.6) is 5.75 Å². The Morgan fingerprint density at radius 1 is 1.04 bits per heavy atom. The van der Waals surface area contributed by atoms with E-state index in [0.717, 1.165) is 48.9 Å². The third kappa shape index (κ3) is 11.4. The molecule has 3 aliphatic heterocycles. The SMILES string of the molecule is CCn1c(-c2cccnc2COC)c2c3cc(ccc31)-c1cc(O)cc(c1)C[C@H](NC(=O)[C@H](C(C)C)N(C)C(=O)C1(O)CCN(C(=O)C#CC(C)(C)N(C)C)C1)C(=O)N1CCC[C@@](O)(N1)C(=O)OCC(C)(C)C2. The summed E-state index contributed by atoms with van der Waals surface area (Å²) in [6, 6.07) is 12.4. The highest BCUT2D eigenvalue weighted by Gasteiger charge is 2.49. The number of likely N-dealkylation sites (N-methyl/N-ethyl adjacent to an activating group) is 1. The normalized spacial score (nSPS) is 21.9. The van der Waals surface area contributed by atoms with Crippen LogP contribution in [0.25, 0.3) is 33.3 Å². The number of fused-ring (bicyclic) bond motifs is 6. The van der Waals surface area contributed by atoms with E-state index in [1.807, 2.05) is 77.0 Å². The molecule has 0 radical (unpaired) electrons. The van der Waals surface area contributed by atoms with E-state index in [1.54, 1.807) is 33.2 Å². The number of β-amino-alcohol motifs (C(OH)–C–C–N with tert-alkyl or cyclic N) is 1. The molecule has 5 heterocycles. The van der Waals surface area contributed by atoms with E-state index < -0.39 is 69.9 Å². The fraction of sp³-hybridized carbons (Fsp3) is 0.527. The number of hydrogen-bond donors (Lipinski definition) is 5. The number of benzene rings is 2. The number of carbonyl (C=O) groups is 5. The quantitative estimate of drug-likeness (QED) is 0.112. The summed E-state index contributed by atoms with van der Waals surface area (Å²) < 4.78 is 13.8. The maximum atomic E-state index is 14.8. The minimum absolute atomic E-state index is 0.0578. The molecule has 0 spiro atoms. The topological polar surface area (TPSA) is 219 Å². The lowest BCUT2D eigenvalue weighted by molar-refractivity contribution is -0.189. The van der Waals surface area contributed by atoms with Gasteiger partial charge in [0.25, 0.3) is 17.7 Å². The van der Waals surface area contributed by atoms with E-state index in [-0.39, 0.29) is 64.3 Å². The number of ether oxygens (including phenoxy) is 2. The van der Waals surface area contributed by atoms with Crippen molar-refractivity contribution in [3.05, 3.63) is 71.5 Å². The molecule has 2 fully saturated rings. The predicted molar refractivity (Wildman–Crippen MR) is 275 cm³/mol. The molecule has 18 nitrogen and oxygen atoms in total. The van der Waals surface area contributed by atoms with Crippen LogP contribution in [0.2, 0.25) is 0 Å². The average Bonchev–Trinajstić information content (AvgIpc) is 3.89. The van der Waals surface area contributed by atoms with E-state index in [0.29, 0.717) is 24.1 Å². The number of methoxy groups -OCH3 is 1. The first-order valence-electron chi connectivity index (χ1n) is 25.0. The van der Waals surface area contributed by atoms with Crippen molar-refractivity contribution in [1.82, 2.24) is 40.0 Å². The monoisotopic (exact) mass is 1000 g/mol. The average molecular weight is 1010 g/mol. The van der Waals surface area contributed by atoms with Crippen molar-refractivity contribution < 1.29 is 48.8 Å². The van der Waals surface area contributed by atoms with Gasteiger partial charge in [-0.2, -0.15) is 5.43 Å². The lowest BCUT2D eigenvalue weighted by Crippen LogP contribution is -2.67. The molecule has 2 aromatic carbocycles. The van der Waals surface area contributed by atoms with Crippen LogP contribution in [0.1, 0.15) is 84.5 Å². The van der Waals surface area contributed by atoms with Crippen molar-refractivity contribution in [1.29, 1.82) is 0 Å². The Morgan fingerprint density at radius 3 is 2.47 bits per heavy atom. The van der Waals surface area contributed by atoms with E-state index in [1.165, 1.54) is 18.0 Å². The first-order chi connectivity index (χ1) is 34.3. The Morgan fingerprint density at radius 2 is 1.78 bits per heavy atom. The molecule has 7 rings (SSSR count). The molecule has 0 aliphatic carbocycles. The van der Waals surface area contributed by atoms with E-state index in [4.69, 9.17) is 9.47 Å². The predicted octanol–water partition coefficient (Wildman–Crippen LogP) is 4.00. The molecule has 4 amide bonds. The van der Waals surface area contributed by atoms with Gasteiger partial charge in [0.15, 0.2) is 5.60 Å². The van der Waals surface area contributed by atoms with Gasteiger partial charge in [0, 0.05) is 81.1 Å². The van der Waals surface area contributed by atoms with Crippen molar-refractivity contribution >= 4 is 40.5 Å². The summed E-state index contributed by atoms with van der Waals surface area (Å²) in [5, 5.41) is 40.0. The smallest absolute Gasteiger partial charge is 0.355 e. The number of esters is 1. The number of aliphatic hydroxyl groups is 2. The number of nitrogens with one attached hydrogen (secondary N) is 2. The summed E-state index contributed by atoms with van der Waals surface area (Å²) in [4.78, 5) is 80.1. The van der Waals surface area contributed by atoms with Gasteiger partial charge in [-0.1, -0.05) is 45.7 Å². The number of hydrogen-bond acceptors (Lipinski definition) is 13. The molecular weight excluding hydrogens is 933 g/mol. The van der Waals surface area contributed by atoms with E-state index >= 15 is 0 Å². The lowest BCUT2D eigenvalue weighted by Gasteiger charge is -2.40. The Kier molecular flexibility index (Phi) is 15.8. The van der Waals surface area contributed by atoms with Crippen LogP contribution in [0.4, 0.5) is 0 Å². The third-order valence-electron chi connectivity index (χ3n) is 14.5. The third-order valence-corrected chi connectivity index (χ3v) is 14.5. The van der Waals surface area contributed by atoms with Gasteiger partial charge >= 0.3 is 5.97 Å². The lowest BCUT2D eigenvalue weighted by atomic mass is 9.84. The Balaban J connectivity index is 1.27. The number of nitrogens with zero attached hydrogens (tertiary/aromatic N) is 6. The van der Waals surface area contributed by atoms with Crippen LogP contribution in [-0.4, -0.2) is 158 Å². The summed E-state index contributed by atoms with van der Waals surface area (Å²) in [6.45, 7) is 13.8. The number of phenolic OH excluding ortho intramolecular Hbond substituents is 1. The summed E-state index contributed by atoms with van der Waals surface area (Å²) >= 11 is 0. The van der Waals surface area contributed by atoms with Crippen LogP contribution in [-0.2, 0) is 59.4 Å². The second kappa shape index (κ2) is 21.2. The van der Waals surface area contributed by atoms with Gasteiger partial charge < -0.3 is 44.5 Å². The number of aryl methyl sites for hydroxylation is 1. The van der Waals surface area contributed by atoms with Gasteiger partial charge in [-0.25, -0.2) is 4.79 Å². The molecule has 6 bridgehead atoms. The van der Waals surface area contributed by atoms with Crippen LogP contribution < -0.4 is 10.7 Å². The van der Waals surface area contributed by atoms with Crippen molar-refractivity contribution in [2.45, 2.75) is 123 Å². The fourth-order valence-electron chi connectivity index (χ4n) is 10.1. The molecule has 2 aromatic heterocycles. The van der Waals surface area contributed by atoms with Crippen molar-refractivity contribution in [2.75, 3.05) is 54.5 Å². The largest absolute Gasteiger partial charge is 0.508 e. The first kappa shape index (κ1) is 54.4. The molecule has 1 unspecified atom stereocenters. The molecule has 73 heavy (non-hydrogen) atoms. The Bertz CT molecular complexity index is 2850. The number of pyridine rings is 1. The number of aromatic hydroxyl groups is 1. The zero-order chi connectivity index (χ0) is 53.4.